The number of hydrogen-bond donors (Lipinski definition) is 4. The summed E-state index contributed by atoms with van der Waals surface area (Å²) in [6.07, 6.45) is -0.276. The molecule has 6 nitrogen and oxygen atoms in total. The maximum absolute atomic E-state index is 10.7. The fourth-order valence-corrected chi connectivity index (χ4v) is 2.76. The Labute approximate surface area is 69.9 Å². The van der Waals surface area contributed by atoms with Gasteiger partial charge < -0.3 is 19.6 Å². The van der Waals surface area contributed by atoms with Crippen LogP contribution in [0.3, 0.4) is 0 Å². The van der Waals surface area contributed by atoms with Gasteiger partial charge in [-0.2, -0.15) is 0 Å². The highest BCUT2D eigenvalue weighted by Gasteiger charge is 2.54. The van der Waals surface area contributed by atoms with Gasteiger partial charge >= 0.3 is 15.2 Å². The number of rotatable bonds is 3. The molecule has 0 unspecified atom stereocenters. The molecule has 74 valence electrons. The van der Waals surface area contributed by atoms with Crippen molar-refractivity contribution in [3.05, 3.63) is 0 Å². The van der Waals surface area contributed by atoms with Gasteiger partial charge in [0.15, 0.2) is 4.90 Å². The summed E-state index contributed by atoms with van der Waals surface area (Å²) in [7, 11) is -9.54. The molecule has 0 atom stereocenters. The van der Waals surface area contributed by atoms with E-state index in [1.54, 1.807) is 0 Å². The van der Waals surface area contributed by atoms with E-state index in [0.29, 0.717) is 0 Å². The van der Waals surface area contributed by atoms with E-state index in [9.17, 15) is 9.13 Å². The van der Waals surface area contributed by atoms with Gasteiger partial charge in [-0.15, -0.1) is 0 Å². The van der Waals surface area contributed by atoms with Crippen LogP contribution in [0.5, 0.6) is 0 Å². The quantitative estimate of drug-likeness (QED) is 0.511. The van der Waals surface area contributed by atoms with E-state index in [2.05, 4.69) is 0 Å². The Kier molecular flexibility index (Phi) is 3.30. The van der Waals surface area contributed by atoms with E-state index in [4.69, 9.17) is 19.6 Å². The van der Waals surface area contributed by atoms with Crippen LogP contribution in [0.4, 0.5) is 0 Å². The first-order valence-corrected chi connectivity index (χ1v) is 6.40. The lowest BCUT2D eigenvalue weighted by atomic mass is 10.4. The summed E-state index contributed by atoms with van der Waals surface area (Å²) in [5, 5.41) is 0. The largest absolute Gasteiger partial charge is 0.343 e. The van der Waals surface area contributed by atoms with Crippen molar-refractivity contribution in [3.8, 4) is 0 Å². The molecule has 0 aliphatic heterocycles. The van der Waals surface area contributed by atoms with Crippen LogP contribution < -0.4 is 0 Å². The molecule has 0 saturated heterocycles. The fraction of sp³-hybridized carbons (Fsp3) is 1.00. The summed E-state index contributed by atoms with van der Waals surface area (Å²) in [6.45, 7) is 2.20. The minimum Gasteiger partial charge on any atom is -0.324 e. The van der Waals surface area contributed by atoms with Crippen LogP contribution in [0.15, 0.2) is 0 Å². The lowest BCUT2D eigenvalue weighted by Gasteiger charge is -2.29. The molecule has 8 heteroatoms. The molecule has 0 spiro atoms. The summed E-state index contributed by atoms with van der Waals surface area (Å²) in [4.78, 5) is 32.5. The first-order valence-electron chi connectivity index (χ1n) is 3.17. The highest BCUT2D eigenvalue weighted by Crippen LogP contribution is 2.70. The van der Waals surface area contributed by atoms with Crippen LogP contribution in [-0.4, -0.2) is 24.5 Å². The van der Waals surface area contributed by atoms with E-state index in [0.717, 1.165) is 6.92 Å². The SMILES string of the molecule is CCC(C)(P(=O)(O)O)P(=O)(O)O. The second-order valence-electron chi connectivity index (χ2n) is 2.66. The molecule has 0 bridgehead atoms. The van der Waals surface area contributed by atoms with Crippen LogP contribution in [0.1, 0.15) is 20.3 Å². The minimum atomic E-state index is -4.77. The standard InChI is InChI=1S/C4H12O6P2/c1-3-4(2,11(5,6)7)12(8,9)10/h3H2,1-2H3,(H2,5,6,7)(H2,8,9,10). The van der Waals surface area contributed by atoms with E-state index < -0.39 is 20.1 Å². The Hall–Kier alpha value is 0.300. The Balaban J connectivity index is 5.25. The average molecular weight is 218 g/mol. The van der Waals surface area contributed by atoms with Crippen LogP contribution >= 0.6 is 15.2 Å². The normalized spacial score (nSPS) is 14.8. The Bertz CT molecular complexity index is 226. The van der Waals surface area contributed by atoms with Crippen molar-refractivity contribution in [2.75, 3.05) is 0 Å². The van der Waals surface area contributed by atoms with Gasteiger partial charge in [0.25, 0.3) is 0 Å². The molecule has 0 heterocycles. The maximum atomic E-state index is 10.7. The Morgan fingerprint density at radius 1 is 1.08 bits per heavy atom. The molecule has 0 aliphatic carbocycles. The zero-order chi connectivity index (χ0) is 10.2. The average Bonchev–Trinajstić information content (AvgIpc) is 1.81. The first-order chi connectivity index (χ1) is 5.06. The van der Waals surface area contributed by atoms with Crippen molar-refractivity contribution in [3.63, 3.8) is 0 Å². The predicted octanol–water partition coefficient (Wildman–Crippen LogP) is 0.468. The van der Waals surface area contributed by atoms with Gasteiger partial charge in [-0.25, -0.2) is 0 Å². The van der Waals surface area contributed by atoms with Crippen molar-refractivity contribution in [1.29, 1.82) is 0 Å². The molecule has 0 saturated carbocycles. The molecule has 0 radical (unpaired) electrons. The van der Waals surface area contributed by atoms with Gasteiger partial charge in [0.2, 0.25) is 0 Å². The predicted molar refractivity (Wildman–Crippen MR) is 42.8 cm³/mol. The molecule has 0 aromatic heterocycles. The maximum Gasteiger partial charge on any atom is 0.343 e. The minimum absolute atomic E-state index is 0.276. The molecule has 12 heavy (non-hydrogen) atoms. The van der Waals surface area contributed by atoms with E-state index in [1.807, 2.05) is 0 Å². The molecule has 0 amide bonds. The van der Waals surface area contributed by atoms with E-state index in [1.165, 1.54) is 6.92 Å². The van der Waals surface area contributed by atoms with Crippen LogP contribution in [0, 0.1) is 0 Å². The van der Waals surface area contributed by atoms with Gasteiger partial charge in [-0.05, 0) is 13.3 Å². The molecule has 0 rings (SSSR count). The molecule has 0 aromatic rings. The first kappa shape index (κ1) is 12.3. The topological polar surface area (TPSA) is 115 Å². The summed E-state index contributed by atoms with van der Waals surface area (Å²) >= 11 is 0. The van der Waals surface area contributed by atoms with Crippen LogP contribution in [0.2, 0.25) is 0 Å². The monoisotopic (exact) mass is 218 g/mol. The lowest BCUT2D eigenvalue weighted by molar-refractivity contribution is 0.310. The molecule has 0 aliphatic rings. The molecule has 0 aromatic carbocycles. The lowest BCUT2D eigenvalue weighted by Crippen LogP contribution is -2.23. The van der Waals surface area contributed by atoms with Crippen molar-refractivity contribution in [2.24, 2.45) is 0 Å². The molecular formula is C4H12O6P2. The summed E-state index contributed by atoms with van der Waals surface area (Å²) < 4.78 is 21.5. The highest BCUT2D eigenvalue weighted by atomic mass is 31.2. The van der Waals surface area contributed by atoms with Crippen molar-refractivity contribution >= 4 is 15.2 Å². The van der Waals surface area contributed by atoms with Crippen molar-refractivity contribution in [1.82, 2.24) is 0 Å². The summed E-state index contributed by atoms with van der Waals surface area (Å²) in [5.41, 5.74) is 0. The van der Waals surface area contributed by atoms with Gasteiger partial charge in [-0.1, -0.05) is 6.92 Å². The molecular weight excluding hydrogens is 206 g/mol. The van der Waals surface area contributed by atoms with Gasteiger partial charge in [0.05, 0.1) is 0 Å². The smallest absolute Gasteiger partial charge is 0.324 e. The van der Waals surface area contributed by atoms with Crippen LogP contribution in [-0.2, 0) is 9.13 Å². The zero-order valence-corrected chi connectivity index (χ0v) is 8.50. The van der Waals surface area contributed by atoms with Crippen molar-refractivity contribution < 1.29 is 28.7 Å². The third-order valence-corrected chi connectivity index (χ3v) is 6.63. The van der Waals surface area contributed by atoms with Crippen molar-refractivity contribution in [2.45, 2.75) is 25.2 Å². The fourth-order valence-electron chi connectivity index (χ4n) is 0.582. The second kappa shape index (κ2) is 3.22. The second-order valence-corrected chi connectivity index (χ2v) is 7.16. The number of hydrogen-bond acceptors (Lipinski definition) is 2. The Morgan fingerprint density at radius 3 is 1.33 bits per heavy atom. The summed E-state index contributed by atoms with van der Waals surface area (Å²) in [6, 6.07) is 0. The Morgan fingerprint density at radius 2 is 1.33 bits per heavy atom. The van der Waals surface area contributed by atoms with E-state index in [-0.39, 0.29) is 6.42 Å². The third kappa shape index (κ3) is 1.96. The van der Waals surface area contributed by atoms with Gasteiger partial charge in [-0.3, -0.25) is 9.13 Å². The van der Waals surface area contributed by atoms with Gasteiger partial charge in [0, 0.05) is 0 Å². The van der Waals surface area contributed by atoms with Crippen LogP contribution in [0.25, 0.3) is 0 Å². The molecule has 0 fully saturated rings. The highest BCUT2D eigenvalue weighted by molar-refractivity contribution is 7.72. The zero-order valence-electron chi connectivity index (χ0n) is 6.71. The third-order valence-electron chi connectivity index (χ3n) is 1.92. The van der Waals surface area contributed by atoms with Gasteiger partial charge in [0.1, 0.15) is 0 Å². The summed E-state index contributed by atoms with van der Waals surface area (Å²) in [5.74, 6) is 0. The van der Waals surface area contributed by atoms with E-state index >= 15 is 0 Å². The molecule has 4 N–H and O–H groups in total.